The molecule has 0 aliphatic carbocycles. The van der Waals surface area contributed by atoms with Crippen LogP contribution in [-0.2, 0) is 13.7 Å². The first-order chi connectivity index (χ1) is 7.06. The first kappa shape index (κ1) is 10.5. The normalized spacial score (nSPS) is 11.3. The van der Waals surface area contributed by atoms with E-state index in [9.17, 15) is 5.11 Å². The zero-order valence-electron chi connectivity index (χ0n) is 9.13. The standard InChI is InChI=1S/C12H14ClNO/c1-7-8(2)14(3)12-9(6-15)4-10(13)5-11(7)12/h4-5,15H,6H2,1-3H3. The SMILES string of the molecule is Cc1c(C)n(C)c2c(CO)cc(Cl)cc12. The van der Waals surface area contributed by atoms with E-state index in [1.807, 2.05) is 19.2 Å². The van der Waals surface area contributed by atoms with Gasteiger partial charge in [0.1, 0.15) is 0 Å². The molecule has 0 aliphatic heterocycles. The number of rotatable bonds is 1. The van der Waals surface area contributed by atoms with E-state index in [1.54, 1.807) is 0 Å². The Balaban J connectivity index is 2.96. The summed E-state index contributed by atoms with van der Waals surface area (Å²) >= 11 is 6.02. The molecule has 1 aromatic heterocycles. The van der Waals surface area contributed by atoms with E-state index in [1.165, 1.54) is 11.3 Å². The van der Waals surface area contributed by atoms with Crippen LogP contribution in [-0.4, -0.2) is 9.67 Å². The van der Waals surface area contributed by atoms with Crippen molar-refractivity contribution in [3.05, 3.63) is 34.0 Å². The fourth-order valence-corrected chi connectivity index (χ4v) is 2.31. The van der Waals surface area contributed by atoms with Crippen molar-refractivity contribution in [3.63, 3.8) is 0 Å². The maximum Gasteiger partial charge on any atom is 0.0702 e. The summed E-state index contributed by atoms with van der Waals surface area (Å²) in [6.45, 7) is 4.17. The highest BCUT2D eigenvalue weighted by Gasteiger charge is 2.12. The maximum absolute atomic E-state index is 9.31. The molecule has 0 atom stereocenters. The van der Waals surface area contributed by atoms with Crippen LogP contribution in [0.1, 0.15) is 16.8 Å². The zero-order valence-corrected chi connectivity index (χ0v) is 9.89. The number of aromatic nitrogens is 1. The van der Waals surface area contributed by atoms with Gasteiger partial charge in [0.05, 0.1) is 12.1 Å². The van der Waals surface area contributed by atoms with Crippen LogP contribution in [0.25, 0.3) is 10.9 Å². The Morgan fingerprint density at radius 2 is 2.00 bits per heavy atom. The Hall–Kier alpha value is -0.990. The fourth-order valence-electron chi connectivity index (χ4n) is 2.07. The summed E-state index contributed by atoms with van der Waals surface area (Å²) in [5, 5.41) is 11.1. The minimum atomic E-state index is 0.0216. The molecule has 0 aliphatic rings. The first-order valence-electron chi connectivity index (χ1n) is 4.91. The topological polar surface area (TPSA) is 25.2 Å². The van der Waals surface area contributed by atoms with Crippen LogP contribution in [0.4, 0.5) is 0 Å². The van der Waals surface area contributed by atoms with Crippen molar-refractivity contribution in [3.8, 4) is 0 Å². The Labute approximate surface area is 94.1 Å². The number of nitrogens with zero attached hydrogens (tertiary/aromatic N) is 1. The molecule has 2 aromatic rings. The van der Waals surface area contributed by atoms with Gasteiger partial charge < -0.3 is 9.67 Å². The molecule has 0 fully saturated rings. The summed E-state index contributed by atoms with van der Waals surface area (Å²) in [4.78, 5) is 0. The molecule has 3 heteroatoms. The molecule has 2 nitrogen and oxygen atoms in total. The Morgan fingerprint density at radius 3 is 2.60 bits per heavy atom. The number of hydrogen-bond acceptors (Lipinski definition) is 1. The quantitative estimate of drug-likeness (QED) is 0.790. The summed E-state index contributed by atoms with van der Waals surface area (Å²) in [7, 11) is 2.01. The first-order valence-corrected chi connectivity index (χ1v) is 5.29. The molecule has 0 saturated heterocycles. The largest absolute Gasteiger partial charge is 0.392 e. The lowest BCUT2D eigenvalue weighted by Crippen LogP contribution is -1.94. The van der Waals surface area contributed by atoms with E-state index in [2.05, 4.69) is 18.4 Å². The van der Waals surface area contributed by atoms with Crippen LogP contribution in [0.2, 0.25) is 5.02 Å². The highest BCUT2D eigenvalue weighted by molar-refractivity contribution is 6.31. The Morgan fingerprint density at radius 1 is 1.33 bits per heavy atom. The van der Waals surface area contributed by atoms with Crippen molar-refractivity contribution < 1.29 is 5.11 Å². The summed E-state index contributed by atoms with van der Waals surface area (Å²) in [6.07, 6.45) is 0. The van der Waals surface area contributed by atoms with Gasteiger partial charge in [-0.05, 0) is 31.5 Å². The van der Waals surface area contributed by atoms with Crippen LogP contribution in [0.15, 0.2) is 12.1 Å². The third-order valence-electron chi connectivity index (χ3n) is 3.11. The summed E-state index contributed by atoms with van der Waals surface area (Å²) in [5.74, 6) is 0. The van der Waals surface area contributed by atoms with E-state index in [-0.39, 0.29) is 6.61 Å². The van der Waals surface area contributed by atoms with Crippen molar-refractivity contribution in [2.45, 2.75) is 20.5 Å². The maximum atomic E-state index is 9.31. The number of aliphatic hydroxyl groups is 1. The lowest BCUT2D eigenvalue weighted by Gasteiger charge is -2.04. The molecule has 15 heavy (non-hydrogen) atoms. The molecule has 0 bridgehead atoms. The van der Waals surface area contributed by atoms with Crippen molar-refractivity contribution in [1.29, 1.82) is 0 Å². The molecule has 1 N–H and O–H groups in total. The molecule has 0 amide bonds. The number of fused-ring (bicyclic) bond motifs is 1. The van der Waals surface area contributed by atoms with Crippen LogP contribution in [0.3, 0.4) is 0 Å². The molecule has 1 heterocycles. The Kier molecular flexibility index (Phi) is 2.49. The van der Waals surface area contributed by atoms with Gasteiger partial charge in [0.25, 0.3) is 0 Å². The van der Waals surface area contributed by atoms with Gasteiger partial charge in [-0.15, -0.1) is 0 Å². The molecule has 0 spiro atoms. The minimum absolute atomic E-state index is 0.0216. The lowest BCUT2D eigenvalue weighted by atomic mass is 10.1. The zero-order chi connectivity index (χ0) is 11.2. The van der Waals surface area contributed by atoms with E-state index in [4.69, 9.17) is 11.6 Å². The van der Waals surface area contributed by atoms with Crippen LogP contribution < -0.4 is 0 Å². The molecular formula is C12H14ClNO. The number of benzene rings is 1. The number of halogens is 1. The summed E-state index contributed by atoms with van der Waals surface area (Å²) in [5.41, 5.74) is 4.40. The van der Waals surface area contributed by atoms with Gasteiger partial charge >= 0.3 is 0 Å². The molecule has 0 unspecified atom stereocenters. The Bertz CT molecular complexity index is 528. The highest BCUT2D eigenvalue weighted by atomic mass is 35.5. The second-order valence-electron chi connectivity index (χ2n) is 3.89. The molecule has 80 valence electrons. The van der Waals surface area contributed by atoms with Crippen molar-refractivity contribution in [2.24, 2.45) is 7.05 Å². The second kappa shape index (κ2) is 3.54. The highest BCUT2D eigenvalue weighted by Crippen LogP contribution is 2.30. The van der Waals surface area contributed by atoms with E-state index in [0.717, 1.165) is 16.5 Å². The van der Waals surface area contributed by atoms with Crippen molar-refractivity contribution in [2.75, 3.05) is 0 Å². The summed E-state index contributed by atoms with van der Waals surface area (Å²) in [6, 6.07) is 3.78. The summed E-state index contributed by atoms with van der Waals surface area (Å²) < 4.78 is 2.10. The molecule has 0 saturated carbocycles. The number of aliphatic hydroxyl groups excluding tert-OH is 1. The van der Waals surface area contributed by atoms with Crippen LogP contribution in [0, 0.1) is 13.8 Å². The van der Waals surface area contributed by atoms with Gasteiger partial charge in [0.2, 0.25) is 0 Å². The minimum Gasteiger partial charge on any atom is -0.392 e. The molecular weight excluding hydrogens is 210 g/mol. The van der Waals surface area contributed by atoms with Crippen LogP contribution >= 0.6 is 11.6 Å². The predicted molar refractivity (Wildman–Crippen MR) is 63.3 cm³/mol. The van der Waals surface area contributed by atoms with E-state index in [0.29, 0.717) is 5.02 Å². The molecule has 1 aromatic carbocycles. The van der Waals surface area contributed by atoms with E-state index >= 15 is 0 Å². The third-order valence-corrected chi connectivity index (χ3v) is 3.33. The van der Waals surface area contributed by atoms with Crippen molar-refractivity contribution in [1.82, 2.24) is 4.57 Å². The number of aryl methyl sites for hydroxylation is 2. The van der Waals surface area contributed by atoms with Gasteiger partial charge in [-0.2, -0.15) is 0 Å². The average Bonchev–Trinajstić information content (AvgIpc) is 2.43. The monoisotopic (exact) mass is 223 g/mol. The van der Waals surface area contributed by atoms with Gasteiger partial charge in [-0.25, -0.2) is 0 Å². The van der Waals surface area contributed by atoms with Crippen molar-refractivity contribution >= 4 is 22.5 Å². The third kappa shape index (κ3) is 1.45. The fraction of sp³-hybridized carbons (Fsp3) is 0.333. The molecule has 0 radical (unpaired) electrons. The predicted octanol–water partition coefficient (Wildman–Crippen LogP) is 2.94. The average molecular weight is 224 g/mol. The van der Waals surface area contributed by atoms with Gasteiger partial charge in [-0.3, -0.25) is 0 Å². The second-order valence-corrected chi connectivity index (χ2v) is 4.33. The van der Waals surface area contributed by atoms with Crippen LogP contribution in [0.5, 0.6) is 0 Å². The smallest absolute Gasteiger partial charge is 0.0702 e. The van der Waals surface area contributed by atoms with Gasteiger partial charge in [-0.1, -0.05) is 11.6 Å². The van der Waals surface area contributed by atoms with E-state index < -0.39 is 0 Å². The lowest BCUT2D eigenvalue weighted by molar-refractivity contribution is 0.283. The molecule has 2 rings (SSSR count). The van der Waals surface area contributed by atoms with Gasteiger partial charge in [0.15, 0.2) is 0 Å². The number of hydrogen-bond donors (Lipinski definition) is 1. The van der Waals surface area contributed by atoms with Gasteiger partial charge in [0, 0.05) is 28.7 Å².